The Bertz CT molecular complexity index is 91.1. The summed E-state index contributed by atoms with van der Waals surface area (Å²) in [6, 6.07) is 0.704. The molecule has 0 aromatic rings. The van der Waals surface area contributed by atoms with Crippen LogP contribution in [0.2, 0.25) is 0 Å². The van der Waals surface area contributed by atoms with Gasteiger partial charge in [0.1, 0.15) is 0 Å². The molecule has 0 aromatic carbocycles. The van der Waals surface area contributed by atoms with E-state index in [9.17, 15) is 0 Å². The van der Waals surface area contributed by atoms with Crippen LogP contribution in [0.4, 0.5) is 0 Å². The number of unbranched alkanes of at least 4 members (excludes halogenated alkanes) is 5. The molecule has 0 aliphatic heterocycles. The van der Waals surface area contributed by atoms with E-state index in [-0.39, 0.29) is 0 Å². The smallest absolute Gasteiger partial charge is 0.00360 e. The van der Waals surface area contributed by atoms with E-state index in [1.807, 2.05) is 0 Å². The molecular formula is C12H27N. The largest absolute Gasteiger partial charge is 0.314 e. The topological polar surface area (TPSA) is 12.0 Å². The lowest BCUT2D eigenvalue weighted by atomic mass is 10.1. The maximum Gasteiger partial charge on any atom is 0.00360 e. The molecule has 0 saturated carbocycles. The summed E-state index contributed by atoms with van der Waals surface area (Å²) < 4.78 is 0. The molecule has 13 heavy (non-hydrogen) atoms. The average Bonchev–Trinajstić information content (AvgIpc) is 2.16. The van der Waals surface area contributed by atoms with Crippen LogP contribution in [0.3, 0.4) is 0 Å². The first-order valence-electron chi connectivity index (χ1n) is 6.04. The third-order valence-electron chi connectivity index (χ3n) is 2.64. The van der Waals surface area contributed by atoms with Gasteiger partial charge < -0.3 is 5.32 Å². The van der Waals surface area contributed by atoms with Crippen LogP contribution in [-0.2, 0) is 0 Å². The van der Waals surface area contributed by atoms with Crippen molar-refractivity contribution in [3.63, 3.8) is 0 Å². The van der Waals surface area contributed by atoms with E-state index < -0.39 is 0 Å². The normalized spacial score (nSPS) is 13.2. The van der Waals surface area contributed by atoms with Gasteiger partial charge in [-0.25, -0.2) is 0 Å². The van der Waals surface area contributed by atoms with Crippen LogP contribution in [0.25, 0.3) is 0 Å². The van der Waals surface area contributed by atoms with Crippen LogP contribution in [0.5, 0.6) is 0 Å². The van der Waals surface area contributed by atoms with Crippen molar-refractivity contribution < 1.29 is 0 Å². The molecule has 0 spiro atoms. The molecule has 0 aromatic heterocycles. The minimum Gasteiger partial charge on any atom is -0.314 e. The minimum absolute atomic E-state index is 0.704. The van der Waals surface area contributed by atoms with Crippen molar-refractivity contribution >= 4 is 0 Å². The Balaban J connectivity index is 2.91. The SMILES string of the molecule is CCCCCCCCNC(C)CC. The van der Waals surface area contributed by atoms with Gasteiger partial charge in [-0.15, -0.1) is 0 Å². The molecule has 0 rings (SSSR count). The summed E-state index contributed by atoms with van der Waals surface area (Å²) in [5.41, 5.74) is 0. The fourth-order valence-corrected chi connectivity index (χ4v) is 1.40. The molecule has 1 atom stereocenters. The summed E-state index contributed by atoms with van der Waals surface area (Å²) in [6.07, 6.45) is 9.63. The van der Waals surface area contributed by atoms with Crippen LogP contribution in [-0.4, -0.2) is 12.6 Å². The molecular weight excluding hydrogens is 158 g/mol. The third-order valence-corrected chi connectivity index (χ3v) is 2.64. The van der Waals surface area contributed by atoms with E-state index in [1.54, 1.807) is 0 Å². The maximum absolute atomic E-state index is 3.52. The second kappa shape index (κ2) is 10.0. The summed E-state index contributed by atoms with van der Waals surface area (Å²) in [5, 5.41) is 3.52. The highest BCUT2D eigenvalue weighted by atomic mass is 14.9. The average molecular weight is 185 g/mol. The molecule has 0 heterocycles. The fraction of sp³-hybridized carbons (Fsp3) is 1.00. The zero-order valence-corrected chi connectivity index (χ0v) is 9.73. The zero-order valence-electron chi connectivity index (χ0n) is 9.73. The van der Waals surface area contributed by atoms with E-state index >= 15 is 0 Å². The lowest BCUT2D eigenvalue weighted by Gasteiger charge is -2.10. The van der Waals surface area contributed by atoms with E-state index in [0.29, 0.717) is 6.04 Å². The van der Waals surface area contributed by atoms with Crippen molar-refractivity contribution in [2.45, 2.75) is 71.8 Å². The van der Waals surface area contributed by atoms with Gasteiger partial charge >= 0.3 is 0 Å². The van der Waals surface area contributed by atoms with Gasteiger partial charge in [-0.1, -0.05) is 46.0 Å². The van der Waals surface area contributed by atoms with Gasteiger partial charge in [-0.05, 0) is 26.3 Å². The predicted octanol–water partition coefficient (Wildman–Crippen LogP) is 3.74. The minimum atomic E-state index is 0.704. The van der Waals surface area contributed by atoms with Crippen molar-refractivity contribution in [1.29, 1.82) is 0 Å². The van der Waals surface area contributed by atoms with E-state index in [4.69, 9.17) is 0 Å². The maximum atomic E-state index is 3.52. The van der Waals surface area contributed by atoms with Crippen LogP contribution in [0, 0.1) is 0 Å². The molecule has 0 fully saturated rings. The standard InChI is InChI=1S/C12H27N/c1-4-6-7-8-9-10-11-13-12(3)5-2/h12-13H,4-11H2,1-3H3. The fourth-order valence-electron chi connectivity index (χ4n) is 1.40. The second-order valence-electron chi connectivity index (χ2n) is 4.03. The van der Waals surface area contributed by atoms with Crippen molar-refractivity contribution in [2.75, 3.05) is 6.54 Å². The molecule has 1 N–H and O–H groups in total. The van der Waals surface area contributed by atoms with Gasteiger partial charge in [-0.2, -0.15) is 0 Å². The Hall–Kier alpha value is -0.0400. The summed E-state index contributed by atoms with van der Waals surface area (Å²) in [6.45, 7) is 7.97. The molecule has 0 saturated heterocycles. The molecule has 0 aliphatic carbocycles. The van der Waals surface area contributed by atoms with Gasteiger partial charge in [-0.3, -0.25) is 0 Å². The van der Waals surface area contributed by atoms with E-state index in [1.165, 1.54) is 51.5 Å². The second-order valence-corrected chi connectivity index (χ2v) is 4.03. The summed E-state index contributed by atoms with van der Waals surface area (Å²) >= 11 is 0. The highest BCUT2D eigenvalue weighted by Crippen LogP contribution is 2.04. The van der Waals surface area contributed by atoms with Crippen molar-refractivity contribution in [1.82, 2.24) is 5.32 Å². The third kappa shape index (κ3) is 9.88. The van der Waals surface area contributed by atoms with Crippen LogP contribution in [0.1, 0.15) is 65.7 Å². The zero-order chi connectivity index (χ0) is 9.94. The Labute approximate surface area is 84.3 Å². The van der Waals surface area contributed by atoms with Crippen molar-refractivity contribution in [2.24, 2.45) is 0 Å². The summed E-state index contributed by atoms with van der Waals surface area (Å²) in [7, 11) is 0. The van der Waals surface area contributed by atoms with Crippen LogP contribution < -0.4 is 5.32 Å². The molecule has 1 unspecified atom stereocenters. The van der Waals surface area contributed by atoms with Crippen LogP contribution >= 0.6 is 0 Å². The predicted molar refractivity (Wildman–Crippen MR) is 61.1 cm³/mol. The Morgan fingerprint density at radius 3 is 2.15 bits per heavy atom. The van der Waals surface area contributed by atoms with Crippen molar-refractivity contribution in [3.8, 4) is 0 Å². The molecule has 0 radical (unpaired) electrons. The molecule has 1 heteroatoms. The summed E-state index contributed by atoms with van der Waals surface area (Å²) in [5.74, 6) is 0. The monoisotopic (exact) mass is 185 g/mol. The lowest BCUT2D eigenvalue weighted by Crippen LogP contribution is -2.25. The van der Waals surface area contributed by atoms with Gasteiger partial charge in [0.2, 0.25) is 0 Å². The Kier molecular flexibility index (Phi) is 10.0. The number of nitrogens with one attached hydrogen (secondary N) is 1. The first-order chi connectivity index (χ1) is 6.31. The quantitative estimate of drug-likeness (QED) is 0.540. The van der Waals surface area contributed by atoms with E-state index in [2.05, 4.69) is 26.1 Å². The highest BCUT2D eigenvalue weighted by molar-refractivity contribution is 4.57. The molecule has 0 aliphatic rings. The van der Waals surface area contributed by atoms with Crippen molar-refractivity contribution in [3.05, 3.63) is 0 Å². The number of rotatable bonds is 9. The van der Waals surface area contributed by atoms with Gasteiger partial charge in [0.15, 0.2) is 0 Å². The van der Waals surface area contributed by atoms with Gasteiger partial charge in [0.05, 0.1) is 0 Å². The molecule has 80 valence electrons. The van der Waals surface area contributed by atoms with E-state index in [0.717, 1.165) is 0 Å². The van der Waals surface area contributed by atoms with Gasteiger partial charge in [0.25, 0.3) is 0 Å². The first-order valence-corrected chi connectivity index (χ1v) is 6.04. The highest BCUT2D eigenvalue weighted by Gasteiger charge is 1.95. The Morgan fingerprint density at radius 2 is 1.54 bits per heavy atom. The Morgan fingerprint density at radius 1 is 0.923 bits per heavy atom. The molecule has 0 bridgehead atoms. The molecule has 1 nitrogen and oxygen atoms in total. The number of hydrogen-bond acceptors (Lipinski definition) is 1. The number of hydrogen-bond donors (Lipinski definition) is 1. The van der Waals surface area contributed by atoms with Gasteiger partial charge in [0, 0.05) is 6.04 Å². The lowest BCUT2D eigenvalue weighted by molar-refractivity contribution is 0.504. The summed E-state index contributed by atoms with van der Waals surface area (Å²) in [4.78, 5) is 0. The first kappa shape index (κ1) is 13.0. The molecule has 0 amide bonds. The van der Waals surface area contributed by atoms with Crippen LogP contribution in [0.15, 0.2) is 0 Å².